The summed E-state index contributed by atoms with van der Waals surface area (Å²) in [6.07, 6.45) is 6.39. The van der Waals surface area contributed by atoms with Crippen LogP contribution < -0.4 is 0 Å². The molecule has 18 heavy (non-hydrogen) atoms. The Bertz CT molecular complexity index is 446. The lowest BCUT2D eigenvalue weighted by Crippen LogP contribution is -2.08. The van der Waals surface area contributed by atoms with E-state index < -0.39 is 11.9 Å². The van der Waals surface area contributed by atoms with Gasteiger partial charge in [-0.1, -0.05) is 48.6 Å². The number of esters is 2. The van der Waals surface area contributed by atoms with Crippen LogP contribution in [0.2, 0.25) is 0 Å². The van der Waals surface area contributed by atoms with Crippen molar-refractivity contribution in [1.29, 1.82) is 0 Å². The molecule has 0 spiro atoms. The molecule has 0 radical (unpaired) electrons. The molecule has 1 aromatic carbocycles. The molecule has 0 unspecified atom stereocenters. The summed E-state index contributed by atoms with van der Waals surface area (Å²) in [5.74, 6) is -1.05. The molecule has 0 aromatic heterocycles. The molecule has 0 bridgehead atoms. The van der Waals surface area contributed by atoms with Crippen molar-refractivity contribution in [2.75, 3.05) is 6.79 Å². The zero-order chi connectivity index (χ0) is 13.2. The molecule has 0 amide bonds. The van der Waals surface area contributed by atoms with Gasteiger partial charge < -0.3 is 9.47 Å². The van der Waals surface area contributed by atoms with Crippen LogP contribution in [0.15, 0.2) is 48.6 Å². The number of rotatable bonds is 5. The predicted molar refractivity (Wildman–Crippen MR) is 67.3 cm³/mol. The number of allylic oxidation sites excluding steroid dienone is 2. The van der Waals surface area contributed by atoms with Crippen LogP contribution in [-0.4, -0.2) is 18.7 Å². The highest BCUT2D eigenvalue weighted by atomic mass is 16.7. The molecular weight excluding hydrogens is 232 g/mol. The second kappa shape index (κ2) is 7.84. The van der Waals surface area contributed by atoms with Crippen LogP contribution in [0, 0.1) is 0 Å². The van der Waals surface area contributed by atoms with Crippen molar-refractivity contribution in [2.24, 2.45) is 0 Å². The monoisotopic (exact) mass is 246 g/mol. The molecule has 0 saturated heterocycles. The molecule has 0 aliphatic heterocycles. The van der Waals surface area contributed by atoms with Gasteiger partial charge in [-0.25, -0.2) is 4.79 Å². The van der Waals surface area contributed by atoms with Gasteiger partial charge in [0.15, 0.2) is 0 Å². The van der Waals surface area contributed by atoms with Gasteiger partial charge in [-0.3, -0.25) is 4.79 Å². The summed E-state index contributed by atoms with van der Waals surface area (Å²) in [7, 11) is 0. The summed E-state index contributed by atoms with van der Waals surface area (Å²) in [6.45, 7) is 0.882. The third kappa shape index (κ3) is 6.27. The minimum Gasteiger partial charge on any atom is -0.428 e. The lowest BCUT2D eigenvalue weighted by atomic mass is 10.2. The average molecular weight is 246 g/mol. The SMILES string of the molecule is CC(=O)OCOC(=O)/C=C/C=C/c1ccccc1. The maximum Gasteiger partial charge on any atom is 0.333 e. The Kier molecular flexibility index (Phi) is 5.97. The van der Waals surface area contributed by atoms with Crippen LogP contribution >= 0.6 is 0 Å². The Morgan fingerprint density at radius 3 is 2.50 bits per heavy atom. The van der Waals surface area contributed by atoms with Crippen molar-refractivity contribution in [3.05, 3.63) is 54.1 Å². The van der Waals surface area contributed by atoms with Crippen molar-refractivity contribution in [3.8, 4) is 0 Å². The quantitative estimate of drug-likeness (QED) is 0.346. The number of ether oxygens (including phenoxy) is 2. The maximum atomic E-state index is 11.1. The van der Waals surface area contributed by atoms with E-state index in [1.807, 2.05) is 36.4 Å². The first kappa shape index (κ1) is 13.7. The molecule has 1 aromatic rings. The van der Waals surface area contributed by atoms with Gasteiger partial charge in [0.05, 0.1) is 0 Å². The van der Waals surface area contributed by atoms with Gasteiger partial charge in [0.25, 0.3) is 0 Å². The van der Waals surface area contributed by atoms with Crippen molar-refractivity contribution in [3.63, 3.8) is 0 Å². The molecule has 0 aliphatic carbocycles. The predicted octanol–water partition coefficient (Wildman–Crippen LogP) is 2.32. The van der Waals surface area contributed by atoms with Gasteiger partial charge in [-0.15, -0.1) is 0 Å². The molecule has 0 N–H and O–H groups in total. The zero-order valence-corrected chi connectivity index (χ0v) is 10.0. The number of benzene rings is 1. The number of hydrogen-bond donors (Lipinski definition) is 0. The fraction of sp³-hybridized carbons (Fsp3) is 0.143. The average Bonchev–Trinajstić information content (AvgIpc) is 2.35. The van der Waals surface area contributed by atoms with Crippen LogP contribution in [-0.2, 0) is 19.1 Å². The van der Waals surface area contributed by atoms with Crippen LogP contribution in [0.3, 0.4) is 0 Å². The molecule has 0 fully saturated rings. The van der Waals surface area contributed by atoms with Crippen LogP contribution in [0.25, 0.3) is 6.08 Å². The van der Waals surface area contributed by atoms with Gasteiger partial charge in [0, 0.05) is 13.0 Å². The Morgan fingerprint density at radius 1 is 1.11 bits per heavy atom. The Labute approximate surface area is 106 Å². The zero-order valence-electron chi connectivity index (χ0n) is 10.0. The first-order chi connectivity index (χ1) is 8.68. The van der Waals surface area contributed by atoms with Crippen LogP contribution in [0.5, 0.6) is 0 Å². The second-order valence-corrected chi connectivity index (χ2v) is 3.35. The van der Waals surface area contributed by atoms with Crippen LogP contribution in [0.1, 0.15) is 12.5 Å². The second-order valence-electron chi connectivity index (χ2n) is 3.35. The van der Waals surface area contributed by atoms with Gasteiger partial charge in [-0.2, -0.15) is 0 Å². The van der Waals surface area contributed by atoms with Crippen molar-refractivity contribution < 1.29 is 19.1 Å². The third-order valence-electron chi connectivity index (χ3n) is 1.90. The van der Waals surface area contributed by atoms with Gasteiger partial charge in [-0.05, 0) is 5.56 Å². The van der Waals surface area contributed by atoms with E-state index in [0.717, 1.165) is 5.56 Å². The molecule has 4 nitrogen and oxygen atoms in total. The van der Waals surface area contributed by atoms with Crippen molar-refractivity contribution in [2.45, 2.75) is 6.92 Å². The maximum absolute atomic E-state index is 11.1. The highest BCUT2D eigenvalue weighted by Gasteiger charge is 1.96. The first-order valence-electron chi connectivity index (χ1n) is 5.38. The molecule has 0 aliphatic rings. The van der Waals surface area contributed by atoms with E-state index in [2.05, 4.69) is 9.47 Å². The summed E-state index contributed by atoms with van der Waals surface area (Å²) in [5.41, 5.74) is 1.04. The number of carbonyl (C=O) groups excluding carboxylic acids is 2. The molecule has 1 rings (SSSR count). The summed E-state index contributed by atoms with van der Waals surface area (Å²) in [4.78, 5) is 21.5. The van der Waals surface area contributed by atoms with E-state index in [1.165, 1.54) is 13.0 Å². The highest BCUT2D eigenvalue weighted by molar-refractivity contribution is 5.82. The van der Waals surface area contributed by atoms with Gasteiger partial charge >= 0.3 is 11.9 Å². The van der Waals surface area contributed by atoms with E-state index in [9.17, 15) is 9.59 Å². The third-order valence-corrected chi connectivity index (χ3v) is 1.90. The van der Waals surface area contributed by atoms with E-state index in [-0.39, 0.29) is 6.79 Å². The molecule has 0 atom stereocenters. The standard InChI is InChI=1S/C14H14O4/c1-12(15)17-11-18-14(16)10-6-5-9-13-7-3-2-4-8-13/h2-10H,11H2,1H3/b9-5+,10-6+. The summed E-state index contributed by atoms with van der Waals surface area (Å²) >= 11 is 0. The minimum atomic E-state index is -0.561. The van der Waals surface area contributed by atoms with E-state index >= 15 is 0 Å². The molecule has 0 heterocycles. The Balaban J connectivity index is 2.30. The topological polar surface area (TPSA) is 52.6 Å². The number of hydrogen-bond acceptors (Lipinski definition) is 4. The van der Waals surface area contributed by atoms with Crippen LogP contribution in [0.4, 0.5) is 0 Å². The van der Waals surface area contributed by atoms with Gasteiger partial charge in [0.2, 0.25) is 6.79 Å². The smallest absolute Gasteiger partial charge is 0.333 e. The largest absolute Gasteiger partial charge is 0.428 e. The first-order valence-corrected chi connectivity index (χ1v) is 5.38. The Morgan fingerprint density at radius 2 is 1.83 bits per heavy atom. The molecule has 0 saturated carbocycles. The Hall–Kier alpha value is -2.36. The summed E-state index contributed by atoms with van der Waals surface area (Å²) < 4.78 is 9.06. The molecule has 94 valence electrons. The van der Waals surface area contributed by atoms with E-state index in [0.29, 0.717) is 0 Å². The fourth-order valence-electron chi connectivity index (χ4n) is 1.08. The van der Waals surface area contributed by atoms with Crippen molar-refractivity contribution >= 4 is 18.0 Å². The normalized spacial score (nSPS) is 10.7. The van der Waals surface area contributed by atoms with E-state index in [1.54, 1.807) is 12.2 Å². The molecular formula is C14H14O4. The number of carbonyl (C=O) groups is 2. The van der Waals surface area contributed by atoms with Gasteiger partial charge in [0.1, 0.15) is 0 Å². The highest BCUT2D eigenvalue weighted by Crippen LogP contribution is 2.00. The van der Waals surface area contributed by atoms with Crippen molar-refractivity contribution in [1.82, 2.24) is 0 Å². The minimum absolute atomic E-state index is 0.360. The molecule has 4 heteroatoms. The summed E-state index contributed by atoms with van der Waals surface area (Å²) in [5, 5.41) is 0. The lowest BCUT2D eigenvalue weighted by Gasteiger charge is -2.00. The summed E-state index contributed by atoms with van der Waals surface area (Å²) in [6, 6.07) is 9.68. The van der Waals surface area contributed by atoms with E-state index in [4.69, 9.17) is 0 Å². The lowest BCUT2D eigenvalue weighted by molar-refractivity contribution is -0.162. The fourth-order valence-corrected chi connectivity index (χ4v) is 1.08.